The number of aromatic nitrogens is 2. The van der Waals surface area contributed by atoms with Crippen LogP contribution in [0.3, 0.4) is 0 Å². The fraction of sp³-hybridized carbons (Fsp3) is 0.846. The van der Waals surface area contributed by atoms with E-state index in [4.69, 9.17) is 4.52 Å². The average molecular weight is 265 g/mol. The maximum absolute atomic E-state index is 5.35. The summed E-state index contributed by atoms with van der Waals surface area (Å²) in [7, 11) is 0. The van der Waals surface area contributed by atoms with Crippen LogP contribution in [0.1, 0.15) is 38.0 Å². The van der Waals surface area contributed by atoms with Crippen LogP contribution in [-0.2, 0) is 6.54 Å². The summed E-state index contributed by atoms with van der Waals surface area (Å²) in [6.45, 7) is 10.6. The van der Waals surface area contributed by atoms with Crippen LogP contribution in [0, 0.1) is 0 Å². The van der Waals surface area contributed by atoms with Gasteiger partial charge in [0, 0.05) is 38.8 Å². The van der Waals surface area contributed by atoms with Crippen LogP contribution in [-0.4, -0.2) is 58.7 Å². The standard InChI is InChI=1S/C13H23N5O/c1-3-10(2)14-8-12-15-13(16-19-12)11-9-17-4-6-18(11)7-5-17/h10-11,14H,3-9H2,1-2H3. The third kappa shape index (κ3) is 2.80. The van der Waals surface area contributed by atoms with Crippen LogP contribution in [0.2, 0.25) is 0 Å². The summed E-state index contributed by atoms with van der Waals surface area (Å²) in [5.41, 5.74) is 0. The highest BCUT2D eigenvalue weighted by Gasteiger charge is 2.35. The van der Waals surface area contributed by atoms with Crippen molar-refractivity contribution in [3.8, 4) is 0 Å². The third-order valence-corrected chi connectivity index (χ3v) is 4.27. The quantitative estimate of drug-likeness (QED) is 0.843. The molecule has 4 heterocycles. The van der Waals surface area contributed by atoms with Crippen molar-refractivity contribution in [3.63, 3.8) is 0 Å². The second-order valence-corrected chi connectivity index (χ2v) is 5.59. The lowest BCUT2D eigenvalue weighted by Gasteiger charge is -2.46. The molecule has 2 atom stereocenters. The van der Waals surface area contributed by atoms with Crippen molar-refractivity contribution in [1.82, 2.24) is 25.3 Å². The molecular weight excluding hydrogens is 242 g/mol. The van der Waals surface area contributed by atoms with Crippen LogP contribution in [0.25, 0.3) is 0 Å². The lowest BCUT2D eigenvalue weighted by molar-refractivity contribution is 0.00781. The van der Waals surface area contributed by atoms with Gasteiger partial charge in [-0.3, -0.25) is 9.80 Å². The first-order valence-electron chi connectivity index (χ1n) is 7.28. The van der Waals surface area contributed by atoms with Gasteiger partial charge < -0.3 is 9.84 Å². The normalized spacial score (nSPS) is 31.6. The van der Waals surface area contributed by atoms with E-state index in [1.807, 2.05) is 0 Å². The summed E-state index contributed by atoms with van der Waals surface area (Å²) in [5.74, 6) is 1.55. The Labute approximate surface area is 114 Å². The topological polar surface area (TPSA) is 57.4 Å². The lowest BCUT2D eigenvalue weighted by Crippen LogP contribution is -2.57. The molecule has 2 unspecified atom stereocenters. The Morgan fingerprint density at radius 2 is 2.16 bits per heavy atom. The highest BCUT2D eigenvalue weighted by Crippen LogP contribution is 2.26. The molecule has 0 aromatic carbocycles. The molecule has 3 saturated heterocycles. The van der Waals surface area contributed by atoms with Gasteiger partial charge >= 0.3 is 0 Å². The number of fused-ring (bicyclic) bond motifs is 3. The summed E-state index contributed by atoms with van der Waals surface area (Å²) < 4.78 is 5.35. The Morgan fingerprint density at radius 3 is 2.79 bits per heavy atom. The molecule has 6 heteroatoms. The van der Waals surface area contributed by atoms with Crippen molar-refractivity contribution in [3.05, 3.63) is 11.7 Å². The molecule has 4 rings (SSSR count). The van der Waals surface area contributed by atoms with E-state index >= 15 is 0 Å². The van der Waals surface area contributed by atoms with Gasteiger partial charge in [-0.2, -0.15) is 4.98 Å². The highest BCUT2D eigenvalue weighted by molar-refractivity contribution is 5.01. The number of hydrogen-bond donors (Lipinski definition) is 1. The van der Waals surface area contributed by atoms with E-state index in [2.05, 4.69) is 39.1 Å². The van der Waals surface area contributed by atoms with Crippen LogP contribution in [0.15, 0.2) is 4.52 Å². The van der Waals surface area contributed by atoms with Crippen molar-refractivity contribution in [2.45, 2.75) is 38.9 Å². The largest absolute Gasteiger partial charge is 0.338 e. The number of nitrogens with zero attached hydrogens (tertiary/aromatic N) is 4. The maximum Gasteiger partial charge on any atom is 0.240 e. The first-order chi connectivity index (χ1) is 9.26. The molecule has 1 N–H and O–H groups in total. The van der Waals surface area contributed by atoms with Crippen LogP contribution >= 0.6 is 0 Å². The first kappa shape index (κ1) is 13.0. The van der Waals surface area contributed by atoms with Gasteiger partial charge in [-0.05, 0) is 13.3 Å². The zero-order chi connectivity index (χ0) is 13.2. The van der Waals surface area contributed by atoms with Gasteiger partial charge in [0.05, 0.1) is 12.6 Å². The predicted molar refractivity (Wildman–Crippen MR) is 71.6 cm³/mol. The van der Waals surface area contributed by atoms with Crippen molar-refractivity contribution < 1.29 is 4.52 Å². The van der Waals surface area contributed by atoms with E-state index in [1.165, 1.54) is 13.1 Å². The average Bonchev–Trinajstić information content (AvgIpc) is 2.94. The maximum atomic E-state index is 5.35. The third-order valence-electron chi connectivity index (χ3n) is 4.27. The van der Waals surface area contributed by atoms with Gasteiger partial charge in [0.25, 0.3) is 0 Å². The predicted octanol–water partition coefficient (Wildman–Crippen LogP) is 0.630. The van der Waals surface area contributed by atoms with Gasteiger partial charge in [0.2, 0.25) is 5.89 Å². The molecule has 6 nitrogen and oxygen atoms in total. The van der Waals surface area contributed by atoms with Crippen molar-refractivity contribution in [2.24, 2.45) is 0 Å². The van der Waals surface area contributed by atoms with Crippen molar-refractivity contribution >= 4 is 0 Å². The second kappa shape index (κ2) is 5.56. The number of nitrogens with one attached hydrogen (secondary N) is 1. The van der Waals surface area contributed by atoms with Gasteiger partial charge in [0.1, 0.15) is 0 Å². The first-order valence-corrected chi connectivity index (χ1v) is 7.28. The minimum atomic E-state index is 0.323. The molecule has 0 saturated carbocycles. The van der Waals surface area contributed by atoms with E-state index in [-0.39, 0.29) is 0 Å². The van der Waals surface area contributed by atoms with Gasteiger partial charge in [-0.1, -0.05) is 12.1 Å². The van der Waals surface area contributed by atoms with E-state index in [9.17, 15) is 0 Å². The Kier molecular flexibility index (Phi) is 3.81. The van der Waals surface area contributed by atoms with E-state index in [0.717, 1.165) is 31.9 Å². The minimum Gasteiger partial charge on any atom is -0.338 e. The van der Waals surface area contributed by atoms with E-state index < -0.39 is 0 Å². The number of rotatable bonds is 5. The summed E-state index contributed by atoms with van der Waals surface area (Å²) in [4.78, 5) is 9.50. The Balaban J connectivity index is 1.61. The molecule has 106 valence electrons. The molecule has 1 aromatic rings. The van der Waals surface area contributed by atoms with Crippen LogP contribution in [0.5, 0.6) is 0 Å². The molecular formula is C13H23N5O. The molecule has 1 aromatic heterocycles. The van der Waals surface area contributed by atoms with Crippen LogP contribution < -0.4 is 5.32 Å². The second-order valence-electron chi connectivity index (χ2n) is 5.59. The van der Waals surface area contributed by atoms with Crippen molar-refractivity contribution in [1.29, 1.82) is 0 Å². The molecule has 0 aliphatic carbocycles. The number of hydrogen-bond acceptors (Lipinski definition) is 6. The molecule has 19 heavy (non-hydrogen) atoms. The molecule has 0 spiro atoms. The van der Waals surface area contributed by atoms with Crippen molar-refractivity contribution in [2.75, 3.05) is 32.7 Å². The summed E-state index contributed by atoms with van der Waals surface area (Å²) >= 11 is 0. The lowest BCUT2D eigenvalue weighted by atomic mass is 10.1. The SMILES string of the molecule is CCC(C)NCc1nc(C2CN3CCN2CC3)no1. The zero-order valence-corrected chi connectivity index (χ0v) is 11.8. The summed E-state index contributed by atoms with van der Waals surface area (Å²) in [5, 5.41) is 7.55. The molecule has 3 aliphatic heterocycles. The molecule has 3 aliphatic rings. The summed E-state index contributed by atoms with van der Waals surface area (Å²) in [6, 6.07) is 0.805. The fourth-order valence-electron chi connectivity index (χ4n) is 2.74. The Morgan fingerprint density at radius 1 is 1.37 bits per heavy atom. The Hall–Kier alpha value is -0.980. The zero-order valence-electron chi connectivity index (χ0n) is 11.8. The molecule has 2 bridgehead atoms. The smallest absolute Gasteiger partial charge is 0.240 e. The van der Waals surface area contributed by atoms with E-state index in [1.54, 1.807) is 0 Å². The fourth-order valence-corrected chi connectivity index (χ4v) is 2.74. The van der Waals surface area contributed by atoms with Gasteiger partial charge in [-0.25, -0.2) is 0 Å². The van der Waals surface area contributed by atoms with Gasteiger partial charge in [-0.15, -0.1) is 0 Å². The minimum absolute atomic E-state index is 0.323. The number of piperazine rings is 3. The highest BCUT2D eigenvalue weighted by atomic mass is 16.5. The summed E-state index contributed by atoms with van der Waals surface area (Å²) in [6.07, 6.45) is 1.10. The van der Waals surface area contributed by atoms with Crippen LogP contribution in [0.4, 0.5) is 0 Å². The molecule has 3 fully saturated rings. The molecule has 0 amide bonds. The van der Waals surface area contributed by atoms with Gasteiger partial charge in [0.15, 0.2) is 5.82 Å². The van der Waals surface area contributed by atoms with E-state index in [0.29, 0.717) is 24.5 Å². The Bertz CT molecular complexity index is 413. The molecule has 0 radical (unpaired) electrons. The monoisotopic (exact) mass is 265 g/mol.